The first-order valence-electron chi connectivity index (χ1n) is 7.48. The molecule has 0 spiro atoms. The van der Waals surface area contributed by atoms with Crippen LogP contribution in [0.2, 0.25) is 0 Å². The molecule has 6 nitrogen and oxygen atoms in total. The third-order valence-corrected chi connectivity index (χ3v) is 5.93. The van der Waals surface area contributed by atoms with Gasteiger partial charge in [-0.05, 0) is 30.2 Å². The van der Waals surface area contributed by atoms with Gasteiger partial charge >= 0.3 is 0 Å². The highest BCUT2D eigenvalue weighted by molar-refractivity contribution is 7.91. The van der Waals surface area contributed by atoms with Gasteiger partial charge in [-0.25, -0.2) is 8.42 Å². The molecular weight excluding hydrogens is 314 g/mol. The third kappa shape index (κ3) is 3.61. The van der Waals surface area contributed by atoms with Crippen molar-refractivity contribution in [1.82, 2.24) is 14.7 Å². The molecule has 7 heteroatoms. The molecule has 0 bridgehead atoms. The second-order valence-electron chi connectivity index (χ2n) is 5.87. The molecule has 1 aliphatic heterocycles. The van der Waals surface area contributed by atoms with E-state index in [4.69, 9.17) is 0 Å². The van der Waals surface area contributed by atoms with Gasteiger partial charge in [0.15, 0.2) is 9.84 Å². The second-order valence-corrected chi connectivity index (χ2v) is 8.10. The fourth-order valence-electron chi connectivity index (χ4n) is 2.78. The minimum atomic E-state index is -3.00. The molecule has 0 radical (unpaired) electrons. The van der Waals surface area contributed by atoms with Crippen molar-refractivity contribution in [2.24, 2.45) is 0 Å². The summed E-state index contributed by atoms with van der Waals surface area (Å²) in [5.74, 6) is 0.0859. The van der Waals surface area contributed by atoms with E-state index in [1.165, 1.54) is 0 Å². The van der Waals surface area contributed by atoms with Crippen molar-refractivity contribution in [2.45, 2.75) is 19.0 Å². The molecule has 1 aromatic carbocycles. The van der Waals surface area contributed by atoms with Gasteiger partial charge in [0.05, 0.1) is 18.1 Å². The Kier molecular flexibility index (Phi) is 4.21. The summed E-state index contributed by atoms with van der Waals surface area (Å²) in [4.78, 5) is 14.0. The van der Waals surface area contributed by atoms with Gasteiger partial charge < -0.3 is 4.90 Å². The number of sulfone groups is 1. The highest BCUT2D eigenvalue weighted by Crippen LogP contribution is 2.19. The number of benzene rings is 1. The average Bonchev–Trinajstić information content (AvgIpc) is 3.16. The fraction of sp³-hybridized carbons (Fsp3) is 0.375. The van der Waals surface area contributed by atoms with Crippen LogP contribution in [0.4, 0.5) is 0 Å². The van der Waals surface area contributed by atoms with E-state index in [-0.39, 0.29) is 23.5 Å². The fourth-order valence-corrected chi connectivity index (χ4v) is 4.56. The quantitative estimate of drug-likeness (QED) is 0.842. The minimum absolute atomic E-state index is 0.0621. The van der Waals surface area contributed by atoms with Crippen molar-refractivity contribution in [3.8, 4) is 0 Å². The molecule has 0 saturated carbocycles. The maximum atomic E-state index is 12.5. The van der Waals surface area contributed by atoms with E-state index >= 15 is 0 Å². The van der Waals surface area contributed by atoms with Crippen LogP contribution in [-0.2, 0) is 16.4 Å². The maximum Gasteiger partial charge on any atom is 0.253 e. The largest absolute Gasteiger partial charge is 0.338 e. The van der Waals surface area contributed by atoms with Crippen LogP contribution in [-0.4, -0.2) is 53.6 Å². The van der Waals surface area contributed by atoms with Gasteiger partial charge in [0.2, 0.25) is 0 Å². The van der Waals surface area contributed by atoms with Gasteiger partial charge in [0.1, 0.15) is 0 Å². The molecule has 1 amide bonds. The molecule has 2 heterocycles. The molecular formula is C16H19N3O3S. The van der Waals surface area contributed by atoms with E-state index in [2.05, 4.69) is 5.10 Å². The summed E-state index contributed by atoms with van der Waals surface area (Å²) in [6.45, 7) is 0.651. The summed E-state index contributed by atoms with van der Waals surface area (Å²) in [7, 11) is -1.32. The lowest BCUT2D eigenvalue weighted by Gasteiger charge is -2.23. The van der Waals surface area contributed by atoms with Gasteiger partial charge in [-0.1, -0.05) is 12.1 Å². The Hall–Kier alpha value is -2.15. The zero-order valence-electron chi connectivity index (χ0n) is 12.9. The smallest absolute Gasteiger partial charge is 0.253 e. The SMILES string of the molecule is CN(C(=O)c1ccc(Cn2cccn2)cc1)[C@H]1CCS(=O)(=O)C1. The van der Waals surface area contributed by atoms with Crippen molar-refractivity contribution >= 4 is 15.7 Å². The Balaban J connectivity index is 1.68. The van der Waals surface area contributed by atoms with Crippen LogP contribution in [0.5, 0.6) is 0 Å². The highest BCUT2D eigenvalue weighted by atomic mass is 32.2. The summed E-state index contributed by atoms with van der Waals surface area (Å²) >= 11 is 0. The van der Waals surface area contributed by atoms with Crippen LogP contribution in [0.15, 0.2) is 42.7 Å². The number of nitrogens with zero attached hydrogens (tertiary/aromatic N) is 3. The van der Waals surface area contributed by atoms with Gasteiger partial charge in [-0.3, -0.25) is 9.48 Å². The highest BCUT2D eigenvalue weighted by Gasteiger charge is 2.32. The van der Waals surface area contributed by atoms with Crippen LogP contribution in [0.3, 0.4) is 0 Å². The Bertz CT molecular complexity index is 782. The first-order chi connectivity index (χ1) is 10.9. The lowest BCUT2D eigenvalue weighted by Crippen LogP contribution is -2.37. The number of amides is 1. The Morgan fingerprint density at radius 3 is 2.65 bits per heavy atom. The lowest BCUT2D eigenvalue weighted by atomic mass is 10.1. The molecule has 23 heavy (non-hydrogen) atoms. The Labute approximate surface area is 135 Å². The molecule has 1 fully saturated rings. The van der Waals surface area contributed by atoms with E-state index < -0.39 is 9.84 Å². The number of aromatic nitrogens is 2. The molecule has 122 valence electrons. The molecule has 1 aliphatic rings. The summed E-state index contributed by atoms with van der Waals surface area (Å²) < 4.78 is 24.9. The summed E-state index contributed by atoms with van der Waals surface area (Å²) in [6.07, 6.45) is 4.12. The maximum absolute atomic E-state index is 12.5. The van der Waals surface area contributed by atoms with Crippen molar-refractivity contribution in [1.29, 1.82) is 0 Å². The van der Waals surface area contributed by atoms with Gasteiger partial charge in [0, 0.05) is 31.0 Å². The van der Waals surface area contributed by atoms with E-state index in [0.717, 1.165) is 5.56 Å². The van der Waals surface area contributed by atoms with E-state index in [0.29, 0.717) is 18.5 Å². The van der Waals surface area contributed by atoms with E-state index in [9.17, 15) is 13.2 Å². The molecule has 0 N–H and O–H groups in total. The van der Waals surface area contributed by atoms with Crippen molar-refractivity contribution < 1.29 is 13.2 Å². The molecule has 0 aliphatic carbocycles. The summed E-state index contributed by atoms with van der Waals surface area (Å²) in [6, 6.07) is 8.99. The monoisotopic (exact) mass is 333 g/mol. The number of hydrogen-bond acceptors (Lipinski definition) is 4. The van der Waals surface area contributed by atoms with Crippen LogP contribution in [0.25, 0.3) is 0 Å². The molecule has 1 saturated heterocycles. The van der Waals surface area contributed by atoms with E-state index in [1.54, 1.807) is 30.3 Å². The number of rotatable bonds is 4. The van der Waals surface area contributed by atoms with Crippen molar-refractivity contribution in [3.63, 3.8) is 0 Å². The first-order valence-corrected chi connectivity index (χ1v) is 9.31. The predicted octanol–water partition coefficient (Wildman–Crippen LogP) is 1.19. The van der Waals surface area contributed by atoms with Crippen LogP contribution in [0, 0.1) is 0 Å². The predicted molar refractivity (Wildman–Crippen MR) is 86.9 cm³/mol. The van der Waals surface area contributed by atoms with Crippen molar-refractivity contribution in [2.75, 3.05) is 18.6 Å². The summed E-state index contributed by atoms with van der Waals surface area (Å²) in [5.41, 5.74) is 1.62. The Morgan fingerprint density at radius 1 is 1.35 bits per heavy atom. The Morgan fingerprint density at radius 2 is 2.09 bits per heavy atom. The molecule has 1 aromatic heterocycles. The van der Waals surface area contributed by atoms with Gasteiger partial charge in [-0.15, -0.1) is 0 Å². The molecule has 2 aromatic rings. The second kappa shape index (κ2) is 6.16. The molecule has 3 rings (SSSR count). The standard InChI is InChI=1S/C16H19N3O3S/c1-18(15-7-10-23(21,22)12-15)16(20)14-5-3-13(4-6-14)11-19-9-2-8-17-19/h2-6,8-9,15H,7,10-12H2,1H3/t15-/m0/s1. The van der Waals surface area contributed by atoms with Crippen LogP contribution < -0.4 is 0 Å². The molecule has 0 unspecified atom stereocenters. The van der Waals surface area contributed by atoms with Gasteiger partial charge in [-0.2, -0.15) is 5.10 Å². The first kappa shape index (κ1) is 15.7. The topological polar surface area (TPSA) is 72.3 Å². The third-order valence-electron chi connectivity index (χ3n) is 4.18. The van der Waals surface area contributed by atoms with Crippen LogP contribution in [0.1, 0.15) is 22.3 Å². The van der Waals surface area contributed by atoms with Gasteiger partial charge in [0.25, 0.3) is 5.91 Å². The van der Waals surface area contributed by atoms with Crippen molar-refractivity contribution in [3.05, 3.63) is 53.9 Å². The number of carbonyl (C=O) groups excluding carboxylic acids is 1. The number of carbonyl (C=O) groups is 1. The minimum Gasteiger partial charge on any atom is -0.338 e. The normalized spacial score (nSPS) is 19.6. The zero-order chi connectivity index (χ0) is 16.4. The zero-order valence-corrected chi connectivity index (χ0v) is 13.7. The summed E-state index contributed by atoms with van der Waals surface area (Å²) in [5, 5.41) is 4.15. The average molecular weight is 333 g/mol. The molecule has 1 atom stereocenters. The van der Waals surface area contributed by atoms with E-state index in [1.807, 2.05) is 29.1 Å². The number of hydrogen-bond donors (Lipinski definition) is 0. The lowest BCUT2D eigenvalue weighted by molar-refractivity contribution is 0.0747. The van der Waals surface area contributed by atoms with Crippen LogP contribution >= 0.6 is 0 Å².